The van der Waals surface area contributed by atoms with E-state index in [-0.39, 0.29) is 5.91 Å². The molecule has 3 heterocycles. The second-order valence-electron chi connectivity index (χ2n) is 4.48. The van der Waals surface area contributed by atoms with E-state index in [2.05, 4.69) is 15.2 Å². The summed E-state index contributed by atoms with van der Waals surface area (Å²) in [6, 6.07) is 1.99. The zero-order chi connectivity index (χ0) is 12.4. The number of hydrogen-bond acceptors (Lipinski definition) is 4. The van der Waals surface area contributed by atoms with Gasteiger partial charge < -0.3 is 4.90 Å². The Labute approximate surface area is 109 Å². The summed E-state index contributed by atoms with van der Waals surface area (Å²) in [6.07, 6.45) is 3.89. The van der Waals surface area contributed by atoms with Crippen molar-refractivity contribution >= 4 is 17.2 Å². The number of amides is 1. The van der Waals surface area contributed by atoms with Crippen molar-refractivity contribution in [3.63, 3.8) is 0 Å². The molecule has 1 atom stereocenters. The van der Waals surface area contributed by atoms with E-state index in [0.29, 0.717) is 11.6 Å². The fourth-order valence-electron chi connectivity index (χ4n) is 2.39. The second-order valence-corrected chi connectivity index (χ2v) is 5.19. The van der Waals surface area contributed by atoms with Crippen LogP contribution in [0.5, 0.6) is 0 Å². The average molecular weight is 262 g/mol. The smallest absolute Gasteiger partial charge is 0.273 e. The first-order valence-corrected chi connectivity index (χ1v) is 6.95. The van der Waals surface area contributed by atoms with Gasteiger partial charge in [-0.05, 0) is 18.9 Å². The molecule has 3 rings (SSSR count). The van der Waals surface area contributed by atoms with E-state index < -0.39 is 0 Å². The van der Waals surface area contributed by atoms with Gasteiger partial charge in [-0.15, -0.1) is 11.3 Å². The number of nitrogens with one attached hydrogen (secondary N) is 1. The van der Waals surface area contributed by atoms with Crippen LogP contribution in [0.3, 0.4) is 0 Å². The summed E-state index contributed by atoms with van der Waals surface area (Å²) in [5.41, 5.74) is 3.37. The van der Waals surface area contributed by atoms with Crippen LogP contribution in [-0.4, -0.2) is 39.1 Å². The summed E-state index contributed by atoms with van der Waals surface area (Å²) >= 11 is 1.46. The van der Waals surface area contributed by atoms with Gasteiger partial charge in [-0.25, -0.2) is 4.98 Å². The first kappa shape index (κ1) is 11.4. The van der Waals surface area contributed by atoms with Gasteiger partial charge in [0.1, 0.15) is 5.69 Å². The monoisotopic (exact) mass is 262 g/mol. The van der Waals surface area contributed by atoms with Gasteiger partial charge in [0.15, 0.2) is 0 Å². The van der Waals surface area contributed by atoms with E-state index in [1.165, 1.54) is 11.3 Å². The molecule has 6 heteroatoms. The molecule has 0 aliphatic carbocycles. The number of nitrogens with zero attached hydrogens (tertiary/aromatic N) is 3. The summed E-state index contributed by atoms with van der Waals surface area (Å²) in [5, 5.41) is 8.79. The first-order chi connectivity index (χ1) is 8.84. The van der Waals surface area contributed by atoms with Gasteiger partial charge in [0.2, 0.25) is 0 Å². The molecule has 1 N–H and O–H groups in total. The minimum atomic E-state index is 0.0421. The molecule has 1 aliphatic heterocycles. The molecular weight excluding hydrogens is 248 g/mol. The summed E-state index contributed by atoms with van der Waals surface area (Å²) in [6.45, 7) is 1.57. The molecule has 1 amide bonds. The van der Waals surface area contributed by atoms with Crippen LogP contribution in [0.2, 0.25) is 0 Å². The Morgan fingerprint density at radius 2 is 2.50 bits per heavy atom. The maximum Gasteiger partial charge on any atom is 0.273 e. The lowest BCUT2D eigenvalue weighted by Crippen LogP contribution is -2.39. The average Bonchev–Trinajstić information content (AvgIpc) is 3.11. The molecule has 1 saturated heterocycles. The van der Waals surface area contributed by atoms with E-state index in [1.54, 1.807) is 11.7 Å². The Balaban J connectivity index is 1.73. The van der Waals surface area contributed by atoms with Crippen molar-refractivity contribution in [2.75, 3.05) is 13.1 Å². The van der Waals surface area contributed by atoms with E-state index in [9.17, 15) is 4.79 Å². The Morgan fingerprint density at radius 1 is 1.56 bits per heavy atom. The Bertz CT molecular complexity index is 508. The standard InChI is InChI=1S/C12H14N4OS/c17-12(11-7-18-8-13-11)16-5-1-2-9(6-16)10-3-4-14-15-10/h3-4,7-9H,1-2,5-6H2,(H,14,15)/t9-/m1/s1. The van der Waals surface area contributed by atoms with E-state index in [0.717, 1.165) is 31.6 Å². The van der Waals surface area contributed by atoms with Crippen molar-refractivity contribution in [2.24, 2.45) is 0 Å². The third-order valence-corrected chi connectivity index (χ3v) is 3.91. The zero-order valence-electron chi connectivity index (χ0n) is 9.87. The zero-order valence-corrected chi connectivity index (χ0v) is 10.7. The Morgan fingerprint density at radius 3 is 3.22 bits per heavy atom. The Kier molecular flexibility index (Phi) is 3.10. The van der Waals surface area contributed by atoms with Gasteiger partial charge in [0, 0.05) is 36.3 Å². The number of likely N-dealkylation sites (tertiary alicyclic amines) is 1. The maximum atomic E-state index is 12.2. The molecule has 18 heavy (non-hydrogen) atoms. The number of carbonyl (C=O) groups excluding carboxylic acids is 1. The van der Waals surface area contributed by atoms with Crippen LogP contribution in [0.1, 0.15) is 34.9 Å². The van der Waals surface area contributed by atoms with Crippen LogP contribution in [0.25, 0.3) is 0 Å². The van der Waals surface area contributed by atoms with Crippen LogP contribution in [-0.2, 0) is 0 Å². The van der Waals surface area contributed by atoms with Crippen LogP contribution >= 0.6 is 11.3 Å². The highest BCUT2D eigenvalue weighted by atomic mass is 32.1. The van der Waals surface area contributed by atoms with Gasteiger partial charge >= 0.3 is 0 Å². The molecule has 0 saturated carbocycles. The normalized spacial score (nSPS) is 20.0. The quantitative estimate of drug-likeness (QED) is 0.899. The number of hydrogen-bond donors (Lipinski definition) is 1. The first-order valence-electron chi connectivity index (χ1n) is 6.01. The predicted octanol–water partition coefficient (Wildman–Crippen LogP) is 1.89. The number of H-pyrrole nitrogens is 1. The van der Waals surface area contributed by atoms with Crippen LogP contribution < -0.4 is 0 Å². The molecule has 2 aromatic rings. The van der Waals surface area contributed by atoms with Gasteiger partial charge in [0.25, 0.3) is 5.91 Å². The van der Waals surface area contributed by atoms with Crippen molar-refractivity contribution in [2.45, 2.75) is 18.8 Å². The minimum absolute atomic E-state index is 0.0421. The van der Waals surface area contributed by atoms with Crippen molar-refractivity contribution in [3.8, 4) is 0 Å². The van der Waals surface area contributed by atoms with Crippen LogP contribution in [0.15, 0.2) is 23.2 Å². The summed E-state index contributed by atoms with van der Waals surface area (Å²) < 4.78 is 0. The lowest BCUT2D eigenvalue weighted by molar-refractivity contribution is 0.0700. The van der Waals surface area contributed by atoms with Crippen molar-refractivity contribution in [1.29, 1.82) is 0 Å². The molecule has 1 aliphatic rings. The number of rotatable bonds is 2. The lowest BCUT2D eigenvalue weighted by atomic mass is 9.95. The van der Waals surface area contributed by atoms with E-state index in [4.69, 9.17) is 0 Å². The maximum absolute atomic E-state index is 12.2. The third-order valence-electron chi connectivity index (χ3n) is 3.32. The topological polar surface area (TPSA) is 61.9 Å². The highest BCUT2D eigenvalue weighted by molar-refractivity contribution is 7.07. The lowest BCUT2D eigenvalue weighted by Gasteiger charge is -2.31. The summed E-state index contributed by atoms with van der Waals surface area (Å²) in [7, 11) is 0. The van der Waals surface area contributed by atoms with Gasteiger partial charge in [-0.1, -0.05) is 0 Å². The van der Waals surface area contributed by atoms with E-state index in [1.807, 2.05) is 16.3 Å². The molecule has 1 fully saturated rings. The molecular formula is C12H14N4OS. The third kappa shape index (κ3) is 2.15. The molecule has 2 aromatic heterocycles. The van der Waals surface area contributed by atoms with Gasteiger partial charge in [0.05, 0.1) is 5.51 Å². The number of carbonyl (C=O) groups is 1. The van der Waals surface area contributed by atoms with Gasteiger partial charge in [-0.2, -0.15) is 5.10 Å². The molecule has 0 aromatic carbocycles. The summed E-state index contributed by atoms with van der Waals surface area (Å²) in [5.74, 6) is 0.407. The Hall–Kier alpha value is -1.69. The second kappa shape index (κ2) is 4.89. The molecule has 0 spiro atoms. The van der Waals surface area contributed by atoms with Crippen LogP contribution in [0, 0.1) is 0 Å². The largest absolute Gasteiger partial charge is 0.337 e. The highest BCUT2D eigenvalue weighted by Gasteiger charge is 2.26. The molecule has 0 bridgehead atoms. The molecule has 5 nitrogen and oxygen atoms in total. The van der Waals surface area contributed by atoms with Crippen molar-refractivity contribution in [1.82, 2.24) is 20.1 Å². The number of aromatic amines is 1. The van der Waals surface area contributed by atoms with Gasteiger partial charge in [-0.3, -0.25) is 9.89 Å². The van der Waals surface area contributed by atoms with E-state index >= 15 is 0 Å². The fourth-order valence-corrected chi connectivity index (χ4v) is 2.92. The number of piperidine rings is 1. The molecule has 94 valence electrons. The molecule has 0 unspecified atom stereocenters. The highest BCUT2D eigenvalue weighted by Crippen LogP contribution is 2.26. The predicted molar refractivity (Wildman–Crippen MR) is 68.6 cm³/mol. The molecule has 0 radical (unpaired) electrons. The van der Waals surface area contributed by atoms with Crippen molar-refractivity contribution in [3.05, 3.63) is 34.5 Å². The fraction of sp³-hybridized carbons (Fsp3) is 0.417. The number of aromatic nitrogens is 3. The van der Waals surface area contributed by atoms with Crippen LogP contribution in [0.4, 0.5) is 0 Å². The minimum Gasteiger partial charge on any atom is -0.337 e. The number of thiazole rings is 1. The SMILES string of the molecule is O=C(c1cscn1)N1CCC[C@@H](c2ccn[nH]2)C1. The van der Waals surface area contributed by atoms with Crippen molar-refractivity contribution < 1.29 is 4.79 Å². The summed E-state index contributed by atoms with van der Waals surface area (Å²) in [4.78, 5) is 18.2.